The van der Waals surface area contributed by atoms with Crippen molar-refractivity contribution in [3.63, 3.8) is 0 Å². The van der Waals surface area contributed by atoms with Crippen LogP contribution in [0.5, 0.6) is 11.5 Å². The molecule has 0 radical (unpaired) electrons. The first-order valence-electron chi connectivity index (χ1n) is 10.6. The lowest BCUT2D eigenvalue weighted by Crippen LogP contribution is -2.64. The molecule has 11 nitrogen and oxygen atoms in total. The molecular formula is C24H39N3O8. The van der Waals surface area contributed by atoms with Gasteiger partial charge in [-0.2, -0.15) is 4.89 Å². The van der Waals surface area contributed by atoms with Gasteiger partial charge in [0, 0.05) is 12.6 Å². The van der Waals surface area contributed by atoms with Crippen LogP contribution in [0, 0.1) is 13.8 Å². The van der Waals surface area contributed by atoms with E-state index in [-0.39, 0.29) is 6.61 Å². The lowest BCUT2D eigenvalue weighted by molar-refractivity contribution is -0.567. The van der Waals surface area contributed by atoms with Crippen LogP contribution in [-0.2, 0) is 9.78 Å². The van der Waals surface area contributed by atoms with Crippen molar-refractivity contribution >= 4 is 5.69 Å². The maximum atomic E-state index is 9.67. The van der Waals surface area contributed by atoms with Crippen LogP contribution in [0.4, 0.5) is 5.69 Å². The molecule has 0 amide bonds. The van der Waals surface area contributed by atoms with Gasteiger partial charge in [-0.25, -0.2) is 4.89 Å². The molecule has 3 atom stereocenters. The first-order valence-corrected chi connectivity index (χ1v) is 10.6. The number of aliphatic hydroxyl groups is 4. The smallest absolute Gasteiger partial charge is 0.276 e. The van der Waals surface area contributed by atoms with Gasteiger partial charge in [0.1, 0.15) is 12.8 Å². The number of benzene rings is 2. The molecule has 1 heterocycles. The standard InChI is InChI=1S/C10H13NO5.C10H15NO.C2H7NO2.C2H4/c1-13-7-4-2-3-5-8(7)14-6-10(12)9(11)15-16-10;1-7-5-4-6-8(2)10(7)11-9(3)12;1-2(3,4)5;1-2/h2-5,9,12H,6,11H2,1H3;4-6,9,11-12H,1-3H3;4-5H,3H2,1H3;1-2H2. The minimum absolute atomic E-state index is 0.130. The fourth-order valence-electron chi connectivity index (χ4n) is 2.49. The van der Waals surface area contributed by atoms with Gasteiger partial charge in [0.2, 0.25) is 12.1 Å². The maximum absolute atomic E-state index is 9.67. The largest absolute Gasteiger partial charge is 0.493 e. The number of anilines is 1. The molecule has 2 aromatic carbocycles. The molecule has 0 bridgehead atoms. The molecule has 35 heavy (non-hydrogen) atoms. The van der Waals surface area contributed by atoms with Gasteiger partial charge in [-0.3, -0.25) is 11.5 Å². The molecule has 1 aliphatic heterocycles. The van der Waals surface area contributed by atoms with Gasteiger partial charge < -0.3 is 35.2 Å². The van der Waals surface area contributed by atoms with Gasteiger partial charge in [0.15, 0.2) is 11.5 Å². The summed E-state index contributed by atoms with van der Waals surface area (Å²) in [6.45, 7) is 12.7. The second-order valence-corrected chi connectivity index (χ2v) is 7.57. The Morgan fingerprint density at radius 1 is 1.11 bits per heavy atom. The van der Waals surface area contributed by atoms with Crippen molar-refractivity contribution in [2.24, 2.45) is 11.5 Å². The van der Waals surface area contributed by atoms with Gasteiger partial charge >= 0.3 is 0 Å². The van der Waals surface area contributed by atoms with Crippen LogP contribution in [0.2, 0.25) is 0 Å². The number of ether oxygens (including phenoxy) is 2. The topological polar surface area (TPSA) is 182 Å². The highest BCUT2D eigenvalue weighted by Crippen LogP contribution is 2.29. The molecular weight excluding hydrogens is 458 g/mol. The Bertz CT molecular complexity index is 850. The first-order chi connectivity index (χ1) is 16.3. The zero-order valence-corrected chi connectivity index (χ0v) is 20.9. The Kier molecular flexibility index (Phi) is 14.1. The van der Waals surface area contributed by atoms with Crippen molar-refractivity contribution < 1.29 is 39.7 Å². The average Bonchev–Trinajstić information content (AvgIpc) is 2.79. The molecule has 9 N–H and O–H groups in total. The molecule has 0 aliphatic carbocycles. The second-order valence-electron chi connectivity index (χ2n) is 7.57. The lowest BCUT2D eigenvalue weighted by atomic mass is 10.1. The van der Waals surface area contributed by atoms with E-state index < -0.39 is 24.2 Å². The van der Waals surface area contributed by atoms with E-state index in [1.54, 1.807) is 25.1 Å². The number of methoxy groups -OCH3 is 1. The van der Waals surface area contributed by atoms with Crippen LogP contribution in [0.3, 0.4) is 0 Å². The SMILES string of the molecule is C=C.CC(N)(O)O.COc1ccccc1OCC1(O)OOC1N.Cc1cccc(C)c1NC(C)O. The van der Waals surface area contributed by atoms with Crippen molar-refractivity contribution in [1.29, 1.82) is 0 Å². The van der Waals surface area contributed by atoms with Crippen LogP contribution < -0.4 is 26.3 Å². The summed E-state index contributed by atoms with van der Waals surface area (Å²) < 4.78 is 10.4. The minimum atomic E-state index is -2.00. The van der Waals surface area contributed by atoms with E-state index in [1.165, 1.54) is 7.11 Å². The highest BCUT2D eigenvalue weighted by Gasteiger charge is 2.49. The summed E-state index contributed by atoms with van der Waals surface area (Å²) in [4.78, 5) is 8.90. The number of hydrogen-bond donors (Lipinski definition) is 7. The van der Waals surface area contributed by atoms with Gasteiger partial charge in [-0.05, 0) is 44.0 Å². The third kappa shape index (κ3) is 12.5. The number of hydrogen-bond acceptors (Lipinski definition) is 11. The molecule has 2 aromatic rings. The van der Waals surface area contributed by atoms with Crippen LogP contribution in [0.25, 0.3) is 0 Å². The van der Waals surface area contributed by atoms with Crippen LogP contribution in [-0.4, -0.2) is 58.3 Å². The average molecular weight is 498 g/mol. The molecule has 1 aliphatic rings. The molecule has 11 heteroatoms. The van der Waals surface area contributed by atoms with Crippen molar-refractivity contribution in [2.45, 2.75) is 51.8 Å². The molecule has 198 valence electrons. The van der Waals surface area contributed by atoms with Crippen LogP contribution in [0.15, 0.2) is 55.6 Å². The molecule has 0 saturated carbocycles. The van der Waals surface area contributed by atoms with Crippen molar-refractivity contribution in [1.82, 2.24) is 0 Å². The molecule has 1 fully saturated rings. The van der Waals surface area contributed by atoms with E-state index >= 15 is 0 Å². The van der Waals surface area contributed by atoms with Crippen molar-refractivity contribution in [3.8, 4) is 11.5 Å². The number of nitrogens with two attached hydrogens (primary N) is 2. The molecule has 3 unspecified atom stereocenters. The predicted octanol–water partition coefficient (Wildman–Crippen LogP) is 1.47. The summed E-state index contributed by atoms with van der Waals surface area (Å²) in [6.07, 6.45) is -1.40. The van der Waals surface area contributed by atoms with Crippen LogP contribution >= 0.6 is 0 Å². The molecule has 0 aromatic heterocycles. The van der Waals surface area contributed by atoms with E-state index in [9.17, 15) is 5.11 Å². The zero-order valence-electron chi connectivity index (χ0n) is 20.9. The van der Waals surface area contributed by atoms with E-state index in [4.69, 9.17) is 30.5 Å². The number of aliphatic hydroxyl groups excluding tert-OH is 1. The quantitative estimate of drug-likeness (QED) is 0.174. The monoisotopic (exact) mass is 497 g/mol. The van der Waals surface area contributed by atoms with E-state index in [2.05, 4.69) is 34.0 Å². The fourth-order valence-corrected chi connectivity index (χ4v) is 2.49. The predicted molar refractivity (Wildman–Crippen MR) is 133 cm³/mol. The highest BCUT2D eigenvalue weighted by molar-refractivity contribution is 5.56. The summed E-state index contributed by atoms with van der Waals surface area (Å²) in [6, 6.07) is 13.1. The number of para-hydroxylation sites is 3. The Hall–Kier alpha value is -2.74. The molecule has 1 saturated heterocycles. The number of nitrogens with one attached hydrogen (secondary N) is 1. The molecule has 3 rings (SSSR count). The Labute approximate surface area is 206 Å². The van der Waals surface area contributed by atoms with Gasteiger partial charge in [-0.15, -0.1) is 13.2 Å². The summed E-state index contributed by atoms with van der Waals surface area (Å²) >= 11 is 0. The Morgan fingerprint density at radius 3 is 1.97 bits per heavy atom. The second kappa shape index (κ2) is 15.3. The summed E-state index contributed by atoms with van der Waals surface area (Å²) in [7, 11) is 1.53. The maximum Gasteiger partial charge on any atom is 0.276 e. The highest BCUT2D eigenvalue weighted by atomic mass is 17.3. The summed E-state index contributed by atoms with van der Waals surface area (Å²) in [5, 5.41) is 37.5. The lowest BCUT2D eigenvalue weighted by Gasteiger charge is -2.39. The normalized spacial score (nSPS) is 19.1. The summed E-state index contributed by atoms with van der Waals surface area (Å²) in [5.41, 5.74) is 13.2. The van der Waals surface area contributed by atoms with E-state index in [0.29, 0.717) is 11.5 Å². The third-order valence-corrected chi connectivity index (χ3v) is 4.08. The summed E-state index contributed by atoms with van der Waals surface area (Å²) in [5.74, 6) is -2.53. The number of rotatable bonds is 6. The van der Waals surface area contributed by atoms with E-state index in [0.717, 1.165) is 23.7 Å². The fraction of sp³-hybridized carbons (Fsp3) is 0.417. The first kappa shape index (κ1) is 32.3. The molecule has 0 spiro atoms. The van der Waals surface area contributed by atoms with Gasteiger partial charge in [0.05, 0.1) is 7.11 Å². The van der Waals surface area contributed by atoms with Gasteiger partial charge in [0.25, 0.3) is 5.79 Å². The zero-order chi connectivity index (χ0) is 27.2. The third-order valence-electron chi connectivity index (χ3n) is 4.08. The van der Waals surface area contributed by atoms with Crippen molar-refractivity contribution in [3.05, 3.63) is 66.7 Å². The van der Waals surface area contributed by atoms with E-state index in [1.807, 2.05) is 38.1 Å². The number of aryl methyl sites for hydroxylation is 2. The van der Waals surface area contributed by atoms with Crippen molar-refractivity contribution in [2.75, 3.05) is 19.0 Å². The minimum Gasteiger partial charge on any atom is -0.493 e. The Morgan fingerprint density at radius 2 is 1.60 bits per heavy atom. The van der Waals surface area contributed by atoms with Crippen LogP contribution in [0.1, 0.15) is 25.0 Å². The Balaban J connectivity index is 0.000000537. The van der Waals surface area contributed by atoms with Gasteiger partial charge in [-0.1, -0.05) is 30.3 Å².